The minimum Gasteiger partial charge on any atom is -0.393 e. The van der Waals surface area contributed by atoms with Crippen molar-refractivity contribution >= 4 is 0 Å². The molecule has 5 aliphatic rings. The predicted octanol–water partition coefficient (Wildman–Crippen LogP) is 7.94. The average Bonchev–Trinajstić information content (AvgIpc) is 3.27. The van der Waals surface area contributed by atoms with E-state index in [0.29, 0.717) is 21.7 Å². The van der Waals surface area contributed by atoms with Crippen LogP contribution >= 0.6 is 0 Å². The van der Waals surface area contributed by atoms with Crippen LogP contribution in [0.5, 0.6) is 0 Å². The maximum atomic E-state index is 10.8. The largest absolute Gasteiger partial charge is 0.393 e. The lowest BCUT2D eigenvalue weighted by atomic mass is 9.42. The third-order valence-corrected chi connectivity index (χ3v) is 12.8. The molecule has 0 aromatic carbocycles. The van der Waals surface area contributed by atoms with Crippen LogP contribution in [0.15, 0.2) is 24.3 Å². The Morgan fingerprint density at radius 1 is 0.935 bits per heavy atom. The summed E-state index contributed by atoms with van der Waals surface area (Å²) in [5.74, 6) is 3.30. The Labute approximate surface area is 192 Å². The van der Waals surface area contributed by atoms with Gasteiger partial charge < -0.3 is 5.11 Å². The van der Waals surface area contributed by atoms with Gasteiger partial charge in [-0.05, 0) is 122 Å². The fourth-order valence-electron chi connectivity index (χ4n) is 10.9. The van der Waals surface area contributed by atoms with Gasteiger partial charge in [-0.1, -0.05) is 58.9 Å². The number of aliphatic hydroxyl groups excluding tert-OH is 1. The molecule has 5 aliphatic carbocycles. The summed E-state index contributed by atoms with van der Waals surface area (Å²) in [5, 5.41) is 10.8. The molecule has 9 atom stereocenters. The number of hydrogen-bond donors (Lipinski definition) is 1. The third-order valence-electron chi connectivity index (χ3n) is 12.8. The fourth-order valence-corrected chi connectivity index (χ4v) is 10.9. The topological polar surface area (TPSA) is 20.2 Å². The lowest BCUT2D eigenvalue weighted by Crippen LogP contribution is -2.57. The van der Waals surface area contributed by atoms with Crippen molar-refractivity contribution in [2.75, 3.05) is 0 Å². The van der Waals surface area contributed by atoms with Crippen LogP contribution in [0.4, 0.5) is 0 Å². The van der Waals surface area contributed by atoms with E-state index in [0.717, 1.165) is 30.1 Å². The molecule has 0 radical (unpaired) electrons. The van der Waals surface area contributed by atoms with E-state index in [1.54, 1.807) is 0 Å². The summed E-state index contributed by atoms with van der Waals surface area (Å²) in [6.45, 7) is 18.9. The van der Waals surface area contributed by atoms with Crippen molar-refractivity contribution in [2.24, 2.45) is 50.7 Å². The van der Waals surface area contributed by atoms with Gasteiger partial charge in [0.15, 0.2) is 0 Å². The highest BCUT2D eigenvalue weighted by Gasteiger charge is 2.82. The molecular weight excluding hydrogens is 376 g/mol. The van der Waals surface area contributed by atoms with Gasteiger partial charge in [0.05, 0.1) is 6.10 Å². The number of rotatable bonds is 4. The molecule has 2 spiro atoms. The molecule has 1 unspecified atom stereocenters. The van der Waals surface area contributed by atoms with Crippen LogP contribution in [0.2, 0.25) is 0 Å². The quantitative estimate of drug-likeness (QED) is 0.454. The molecule has 0 amide bonds. The highest BCUT2D eigenvalue weighted by Crippen LogP contribution is 2.89. The van der Waals surface area contributed by atoms with Crippen LogP contribution < -0.4 is 0 Å². The summed E-state index contributed by atoms with van der Waals surface area (Å²) in [6, 6.07) is 0. The van der Waals surface area contributed by atoms with Gasteiger partial charge in [-0.25, -0.2) is 0 Å². The molecule has 1 heteroatoms. The van der Waals surface area contributed by atoms with Crippen LogP contribution in [0.1, 0.15) is 106 Å². The zero-order valence-corrected chi connectivity index (χ0v) is 21.3. The van der Waals surface area contributed by atoms with E-state index in [-0.39, 0.29) is 11.5 Å². The molecule has 5 saturated carbocycles. The third kappa shape index (κ3) is 2.65. The standard InChI is InChI=1S/C30H48O/c1-20(2)9-8-10-21(3)22-13-15-28(7)24-12-11-23-26(4,5)25(31)14-16-29(23)19-30(24,29)18-17-27(22,28)6/h8-9,21-25,31H,1,10-19H2,2-7H3/b9-8+/t21-,22-,23-,24+,25?,27-,28+,29-,30+/m1/s1. The second kappa shape index (κ2) is 6.74. The van der Waals surface area contributed by atoms with Gasteiger partial charge in [-0.15, -0.1) is 0 Å². The van der Waals surface area contributed by atoms with Gasteiger partial charge in [-0.3, -0.25) is 0 Å². The van der Waals surface area contributed by atoms with Crippen molar-refractivity contribution in [3.63, 3.8) is 0 Å². The molecule has 0 saturated heterocycles. The number of fused-ring (bicyclic) bond motifs is 2. The normalized spacial score (nSPS) is 53.3. The van der Waals surface area contributed by atoms with Crippen LogP contribution in [0, 0.1) is 50.7 Å². The second-order valence-corrected chi connectivity index (χ2v) is 14.0. The van der Waals surface area contributed by atoms with E-state index < -0.39 is 0 Å². The van der Waals surface area contributed by atoms with E-state index in [1.807, 2.05) is 0 Å². The highest BCUT2D eigenvalue weighted by molar-refractivity contribution is 5.30. The van der Waals surface area contributed by atoms with Crippen molar-refractivity contribution in [3.05, 3.63) is 24.3 Å². The first-order chi connectivity index (χ1) is 14.4. The maximum absolute atomic E-state index is 10.8. The Morgan fingerprint density at radius 2 is 1.61 bits per heavy atom. The summed E-state index contributed by atoms with van der Waals surface area (Å²) in [6.07, 6.45) is 18.1. The number of hydrogen-bond acceptors (Lipinski definition) is 1. The van der Waals surface area contributed by atoms with E-state index >= 15 is 0 Å². The molecule has 0 bridgehead atoms. The van der Waals surface area contributed by atoms with Crippen LogP contribution in [-0.2, 0) is 0 Å². The highest BCUT2D eigenvalue weighted by atomic mass is 16.3. The second-order valence-electron chi connectivity index (χ2n) is 14.0. The predicted molar refractivity (Wildman–Crippen MR) is 131 cm³/mol. The van der Waals surface area contributed by atoms with Crippen LogP contribution in [-0.4, -0.2) is 11.2 Å². The van der Waals surface area contributed by atoms with E-state index in [2.05, 4.69) is 60.3 Å². The van der Waals surface area contributed by atoms with Gasteiger partial charge in [-0.2, -0.15) is 0 Å². The zero-order valence-electron chi connectivity index (χ0n) is 21.3. The van der Waals surface area contributed by atoms with Gasteiger partial charge in [0.2, 0.25) is 0 Å². The summed E-state index contributed by atoms with van der Waals surface area (Å²) in [4.78, 5) is 0. The van der Waals surface area contributed by atoms with E-state index in [9.17, 15) is 5.11 Å². The summed E-state index contributed by atoms with van der Waals surface area (Å²) in [5.41, 5.74) is 3.47. The van der Waals surface area contributed by atoms with Crippen molar-refractivity contribution in [1.29, 1.82) is 0 Å². The van der Waals surface area contributed by atoms with Gasteiger partial charge >= 0.3 is 0 Å². The molecule has 1 nitrogen and oxygen atoms in total. The molecule has 0 aromatic heterocycles. The number of allylic oxidation sites excluding steroid dienone is 3. The van der Waals surface area contributed by atoms with Crippen molar-refractivity contribution in [1.82, 2.24) is 0 Å². The molecule has 31 heavy (non-hydrogen) atoms. The van der Waals surface area contributed by atoms with Crippen LogP contribution in [0.3, 0.4) is 0 Å². The summed E-state index contributed by atoms with van der Waals surface area (Å²) < 4.78 is 0. The Bertz CT molecular complexity index is 792. The van der Waals surface area contributed by atoms with E-state index in [4.69, 9.17) is 0 Å². The van der Waals surface area contributed by atoms with Crippen molar-refractivity contribution < 1.29 is 5.11 Å². The first-order valence-corrected chi connectivity index (χ1v) is 13.4. The summed E-state index contributed by atoms with van der Waals surface area (Å²) >= 11 is 0. The molecule has 174 valence electrons. The van der Waals surface area contributed by atoms with E-state index in [1.165, 1.54) is 63.4 Å². The Balaban J connectivity index is 1.42. The maximum Gasteiger partial charge on any atom is 0.0594 e. The van der Waals surface area contributed by atoms with Gasteiger partial charge in [0, 0.05) is 0 Å². The van der Waals surface area contributed by atoms with Gasteiger partial charge in [0.25, 0.3) is 0 Å². The lowest BCUT2D eigenvalue weighted by Gasteiger charge is -2.63. The molecule has 1 N–H and O–H groups in total. The van der Waals surface area contributed by atoms with Crippen LogP contribution in [0.25, 0.3) is 0 Å². The molecule has 5 rings (SSSR count). The Hall–Kier alpha value is -0.560. The zero-order chi connectivity index (χ0) is 22.4. The van der Waals surface area contributed by atoms with Crippen molar-refractivity contribution in [2.45, 2.75) is 112 Å². The fraction of sp³-hybridized carbons (Fsp3) is 0.867. The molecule has 0 heterocycles. The molecule has 0 aromatic rings. The molecule has 5 fully saturated rings. The molecular formula is C30H48O. The summed E-state index contributed by atoms with van der Waals surface area (Å²) in [7, 11) is 0. The first kappa shape index (κ1) is 22.2. The monoisotopic (exact) mass is 424 g/mol. The Kier molecular flexibility index (Phi) is 4.84. The first-order valence-electron chi connectivity index (χ1n) is 13.4. The average molecular weight is 425 g/mol. The number of aliphatic hydroxyl groups is 1. The minimum atomic E-state index is -0.0919. The Morgan fingerprint density at radius 3 is 2.32 bits per heavy atom. The smallest absolute Gasteiger partial charge is 0.0594 e. The van der Waals surface area contributed by atoms with Gasteiger partial charge in [0.1, 0.15) is 0 Å². The lowest BCUT2D eigenvalue weighted by molar-refractivity contribution is -0.161. The minimum absolute atomic E-state index is 0.0919. The SMILES string of the molecule is C=C(C)/C=C/C[C@@H](C)[C@H]1CC[C@@]2(C)[C@@H]3CC[C@@H]4C(C)(C)C(O)CC[C@@]45C[C@@]35CC[C@]12C. The molecule has 0 aliphatic heterocycles. The van der Waals surface area contributed by atoms with Crippen molar-refractivity contribution in [3.8, 4) is 0 Å².